The molecule has 1 N–H and O–H groups in total. The summed E-state index contributed by atoms with van der Waals surface area (Å²) in [6, 6.07) is 4.99. The normalized spacial score (nSPS) is 22.4. The van der Waals surface area contributed by atoms with Crippen molar-refractivity contribution in [2.45, 2.75) is 44.7 Å². The first-order valence-electron chi connectivity index (χ1n) is 7.35. The number of hydrogen-bond donors (Lipinski definition) is 1. The maximum Gasteiger partial charge on any atom is 0.324 e. The topological polar surface area (TPSA) is 49.8 Å². The maximum atomic E-state index is 14.3. The molecule has 1 aliphatic heterocycles. The number of aliphatic carboxylic acids is 1. The molecule has 0 saturated carbocycles. The van der Waals surface area contributed by atoms with Gasteiger partial charge in [-0.3, -0.25) is 9.69 Å². The van der Waals surface area contributed by atoms with E-state index in [1.54, 1.807) is 18.2 Å². The monoisotopic (exact) mass is 295 g/mol. The highest BCUT2D eigenvalue weighted by Crippen LogP contribution is 2.36. The fourth-order valence-corrected chi connectivity index (χ4v) is 3.25. The molecule has 1 aromatic carbocycles. The van der Waals surface area contributed by atoms with Crippen LogP contribution in [0, 0.1) is 5.82 Å². The van der Waals surface area contributed by atoms with E-state index in [1.165, 1.54) is 7.11 Å². The van der Waals surface area contributed by atoms with Crippen LogP contribution in [-0.2, 0) is 11.3 Å². The fourth-order valence-electron chi connectivity index (χ4n) is 3.25. The zero-order chi connectivity index (χ0) is 15.5. The summed E-state index contributed by atoms with van der Waals surface area (Å²) in [6.07, 6.45) is 2.84. The van der Waals surface area contributed by atoms with Crippen LogP contribution in [0.2, 0.25) is 0 Å². The lowest BCUT2D eigenvalue weighted by Gasteiger charge is -2.34. The lowest BCUT2D eigenvalue weighted by molar-refractivity contribution is -0.150. The van der Waals surface area contributed by atoms with Gasteiger partial charge in [0.05, 0.1) is 7.11 Å². The number of benzene rings is 1. The second-order valence-electron chi connectivity index (χ2n) is 5.55. The second kappa shape index (κ2) is 6.43. The Hall–Kier alpha value is -1.62. The van der Waals surface area contributed by atoms with Crippen LogP contribution in [0.4, 0.5) is 4.39 Å². The van der Waals surface area contributed by atoms with Gasteiger partial charge < -0.3 is 9.84 Å². The van der Waals surface area contributed by atoms with Gasteiger partial charge in [0.15, 0.2) is 11.6 Å². The van der Waals surface area contributed by atoms with Gasteiger partial charge in [0.25, 0.3) is 0 Å². The summed E-state index contributed by atoms with van der Waals surface area (Å²) >= 11 is 0. The van der Waals surface area contributed by atoms with E-state index >= 15 is 0 Å². The predicted molar refractivity (Wildman–Crippen MR) is 77.9 cm³/mol. The third-order valence-electron chi connectivity index (χ3n) is 4.31. The van der Waals surface area contributed by atoms with Gasteiger partial charge in [-0.2, -0.15) is 0 Å². The number of carboxylic acids is 1. The SMILES string of the molecule is CCCC1(C(=O)O)CCCN1Cc1cccc(OC)c1F. The molecular formula is C16H22FNO3. The van der Waals surface area contributed by atoms with Gasteiger partial charge in [-0.15, -0.1) is 0 Å². The molecule has 4 nitrogen and oxygen atoms in total. The van der Waals surface area contributed by atoms with Crippen LogP contribution in [0.5, 0.6) is 5.75 Å². The Bertz CT molecular complexity index is 520. The zero-order valence-electron chi connectivity index (χ0n) is 12.6. The number of methoxy groups -OCH3 is 1. The Kier molecular flexibility index (Phi) is 4.83. The van der Waals surface area contributed by atoms with E-state index in [-0.39, 0.29) is 5.75 Å². The van der Waals surface area contributed by atoms with Crippen LogP contribution < -0.4 is 4.74 Å². The summed E-state index contributed by atoms with van der Waals surface area (Å²) in [5.74, 6) is -1.00. The molecule has 0 aromatic heterocycles. The average Bonchev–Trinajstić information content (AvgIpc) is 2.86. The third-order valence-corrected chi connectivity index (χ3v) is 4.31. The van der Waals surface area contributed by atoms with Gasteiger partial charge in [0.1, 0.15) is 5.54 Å². The zero-order valence-corrected chi connectivity index (χ0v) is 12.6. The molecule has 0 amide bonds. The summed E-state index contributed by atoms with van der Waals surface area (Å²) in [7, 11) is 1.43. The van der Waals surface area contributed by atoms with E-state index in [9.17, 15) is 14.3 Å². The largest absolute Gasteiger partial charge is 0.494 e. The molecule has 1 fully saturated rings. The first-order chi connectivity index (χ1) is 10.0. The Morgan fingerprint density at radius 1 is 1.52 bits per heavy atom. The minimum Gasteiger partial charge on any atom is -0.494 e. The summed E-state index contributed by atoms with van der Waals surface area (Å²) in [4.78, 5) is 13.7. The number of carbonyl (C=O) groups is 1. The Morgan fingerprint density at radius 2 is 2.29 bits per heavy atom. The molecule has 1 unspecified atom stereocenters. The molecule has 1 aliphatic rings. The van der Waals surface area contributed by atoms with Crippen LogP contribution in [-0.4, -0.2) is 35.2 Å². The molecule has 0 aliphatic carbocycles. The molecule has 0 bridgehead atoms. The van der Waals surface area contributed by atoms with E-state index < -0.39 is 17.3 Å². The van der Waals surface area contributed by atoms with Crippen LogP contribution in [0.1, 0.15) is 38.2 Å². The van der Waals surface area contributed by atoms with E-state index in [2.05, 4.69) is 0 Å². The minimum atomic E-state index is -0.857. The van der Waals surface area contributed by atoms with Gasteiger partial charge >= 0.3 is 5.97 Å². The minimum absolute atomic E-state index is 0.197. The van der Waals surface area contributed by atoms with Gasteiger partial charge in [0.2, 0.25) is 0 Å². The van der Waals surface area contributed by atoms with Gasteiger partial charge in [-0.25, -0.2) is 4.39 Å². The highest BCUT2D eigenvalue weighted by atomic mass is 19.1. The summed E-state index contributed by atoms with van der Waals surface area (Å²) in [5, 5.41) is 9.65. The smallest absolute Gasteiger partial charge is 0.324 e. The van der Waals surface area contributed by atoms with Crippen molar-refractivity contribution in [1.29, 1.82) is 0 Å². The van der Waals surface area contributed by atoms with Crippen molar-refractivity contribution >= 4 is 5.97 Å². The molecule has 1 atom stereocenters. The molecule has 2 rings (SSSR count). The van der Waals surface area contributed by atoms with Crippen molar-refractivity contribution in [1.82, 2.24) is 4.90 Å². The summed E-state index contributed by atoms with van der Waals surface area (Å²) in [5.41, 5.74) is -0.373. The molecular weight excluding hydrogens is 273 g/mol. The third kappa shape index (κ3) is 2.88. The highest BCUT2D eigenvalue weighted by Gasteiger charge is 2.46. The second-order valence-corrected chi connectivity index (χ2v) is 5.55. The summed E-state index contributed by atoms with van der Waals surface area (Å²) in [6.45, 7) is 2.96. The lowest BCUT2D eigenvalue weighted by atomic mass is 9.90. The number of carboxylic acid groups (broad SMARTS) is 1. The molecule has 0 spiro atoms. The maximum absolute atomic E-state index is 14.3. The number of hydrogen-bond acceptors (Lipinski definition) is 3. The van der Waals surface area contributed by atoms with Crippen LogP contribution in [0.25, 0.3) is 0 Å². The van der Waals surface area contributed by atoms with Crippen molar-refractivity contribution in [2.75, 3.05) is 13.7 Å². The van der Waals surface area contributed by atoms with Crippen molar-refractivity contribution < 1.29 is 19.0 Å². The fraction of sp³-hybridized carbons (Fsp3) is 0.562. The van der Waals surface area contributed by atoms with Crippen LogP contribution in [0.3, 0.4) is 0 Å². The van der Waals surface area contributed by atoms with Gasteiger partial charge in [-0.05, 0) is 31.9 Å². The Morgan fingerprint density at radius 3 is 2.90 bits per heavy atom. The van der Waals surface area contributed by atoms with E-state index in [0.29, 0.717) is 31.5 Å². The average molecular weight is 295 g/mol. The first-order valence-corrected chi connectivity index (χ1v) is 7.35. The number of likely N-dealkylation sites (tertiary alicyclic amines) is 1. The van der Waals surface area contributed by atoms with Gasteiger partial charge in [-0.1, -0.05) is 25.5 Å². The number of ether oxygens (including phenoxy) is 1. The number of halogens is 1. The van der Waals surface area contributed by atoms with Crippen molar-refractivity contribution in [3.05, 3.63) is 29.6 Å². The lowest BCUT2D eigenvalue weighted by Crippen LogP contribution is -2.50. The molecule has 21 heavy (non-hydrogen) atoms. The molecule has 116 valence electrons. The Balaban J connectivity index is 2.27. The highest BCUT2D eigenvalue weighted by molar-refractivity contribution is 5.79. The number of nitrogens with zero attached hydrogens (tertiary/aromatic N) is 1. The summed E-state index contributed by atoms with van der Waals surface area (Å²) < 4.78 is 19.3. The van der Waals surface area contributed by atoms with Gasteiger partial charge in [0, 0.05) is 12.1 Å². The standard InChI is InChI=1S/C16H22FNO3/c1-3-8-16(15(19)20)9-5-10-18(16)11-12-6-4-7-13(21-2)14(12)17/h4,6-7H,3,5,8-11H2,1-2H3,(H,19,20). The molecule has 1 aromatic rings. The van der Waals surface area contributed by atoms with Crippen molar-refractivity contribution in [3.63, 3.8) is 0 Å². The molecule has 1 heterocycles. The number of rotatable bonds is 6. The van der Waals surface area contributed by atoms with E-state index in [0.717, 1.165) is 12.8 Å². The molecule has 5 heteroatoms. The predicted octanol–water partition coefficient (Wildman–Crippen LogP) is 3.05. The van der Waals surface area contributed by atoms with Crippen LogP contribution >= 0.6 is 0 Å². The molecule has 1 saturated heterocycles. The van der Waals surface area contributed by atoms with Crippen molar-refractivity contribution in [2.24, 2.45) is 0 Å². The quantitative estimate of drug-likeness (QED) is 0.876. The van der Waals surface area contributed by atoms with Crippen molar-refractivity contribution in [3.8, 4) is 5.75 Å². The van der Waals surface area contributed by atoms with E-state index in [4.69, 9.17) is 4.74 Å². The van der Waals surface area contributed by atoms with E-state index in [1.807, 2.05) is 11.8 Å². The molecule has 0 radical (unpaired) electrons. The Labute approximate surface area is 124 Å². The van der Waals surface area contributed by atoms with Crippen LogP contribution in [0.15, 0.2) is 18.2 Å². The first kappa shape index (κ1) is 15.8.